The van der Waals surface area contributed by atoms with Crippen LogP contribution in [-0.2, 0) is 25.5 Å². The normalized spacial score (nSPS) is 15.1. The van der Waals surface area contributed by atoms with Gasteiger partial charge in [0.15, 0.2) is 0 Å². The molecule has 2 N–H and O–H groups in total. The van der Waals surface area contributed by atoms with Gasteiger partial charge in [-0.3, -0.25) is 4.79 Å². The number of rotatable bonds is 9. The molecule has 1 aliphatic heterocycles. The molecular weight excluding hydrogens is 466 g/mol. The highest BCUT2D eigenvalue weighted by Gasteiger charge is 2.34. The average Bonchev–Trinajstić information content (AvgIpc) is 3.36. The Bertz CT molecular complexity index is 1270. The van der Waals surface area contributed by atoms with E-state index in [2.05, 4.69) is 15.6 Å². The predicted molar refractivity (Wildman–Crippen MR) is 128 cm³/mol. The molecule has 0 radical (unpaired) electrons. The number of nitrogens with zero attached hydrogens (tertiary/aromatic N) is 1. The molecule has 10 nitrogen and oxygen atoms in total. The maximum atomic E-state index is 12.8. The highest BCUT2D eigenvalue weighted by atomic mass is 16.5. The summed E-state index contributed by atoms with van der Waals surface area (Å²) in [5.74, 6) is -0.231. The summed E-state index contributed by atoms with van der Waals surface area (Å²) >= 11 is 0. The maximum absolute atomic E-state index is 12.8. The van der Waals surface area contributed by atoms with E-state index < -0.39 is 24.0 Å². The Morgan fingerprint density at radius 1 is 1.06 bits per heavy atom. The van der Waals surface area contributed by atoms with Crippen LogP contribution in [0.5, 0.6) is 5.75 Å². The van der Waals surface area contributed by atoms with Crippen LogP contribution in [0.1, 0.15) is 24.2 Å². The van der Waals surface area contributed by atoms with Crippen LogP contribution in [0.15, 0.2) is 76.5 Å². The quantitative estimate of drug-likeness (QED) is 0.436. The maximum Gasteiger partial charge on any atom is 0.338 e. The van der Waals surface area contributed by atoms with E-state index >= 15 is 0 Å². The molecule has 2 aromatic carbocycles. The molecule has 1 unspecified atom stereocenters. The van der Waals surface area contributed by atoms with Crippen LogP contribution in [0.25, 0.3) is 11.5 Å². The topological polar surface area (TPSA) is 129 Å². The van der Waals surface area contributed by atoms with Gasteiger partial charge in [-0.1, -0.05) is 30.3 Å². The van der Waals surface area contributed by atoms with E-state index in [1.54, 1.807) is 38.3 Å². The van der Waals surface area contributed by atoms with E-state index in [0.29, 0.717) is 22.9 Å². The molecule has 36 heavy (non-hydrogen) atoms. The minimum absolute atomic E-state index is 0.134. The summed E-state index contributed by atoms with van der Waals surface area (Å²) in [6.45, 7) is 1.47. The number of amides is 2. The number of aromatic nitrogens is 1. The lowest BCUT2D eigenvalue weighted by molar-refractivity contribution is -0.143. The van der Waals surface area contributed by atoms with Crippen molar-refractivity contribution >= 4 is 18.0 Å². The third-order valence-electron chi connectivity index (χ3n) is 5.37. The Morgan fingerprint density at radius 3 is 2.50 bits per heavy atom. The van der Waals surface area contributed by atoms with Gasteiger partial charge >= 0.3 is 18.0 Å². The number of methoxy groups -OCH3 is 1. The zero-order valence-corrected chi connectivity index (χ0v) is 19.8. The SMILES string of the molecule is CCOC(=O)C1=C(COC(=O)Cc2coc(-c3ccccc3)n2)NC(=O)NC1c1ccc(OC)cc1. The molecule has 1 aromatic heterocycles. The van der Waals surface area contributed by atoms with Gasteiger partial charge in [0.25, 0.3) is 0 Å². The van der Waals surface area contributed by atoms with Gasteiger partial charge in [0, 0.05) is 5.56 Å². The lowest BCUT2D eigenvalue weighted by atomic mass is 9.95. The lowest BCUT2D eigenvalue weighted by Gasteiger charge is -2.29. The van der Waals surface area contributed by atoms with E-state index in [4.69, 9.17) is 18.6 Å². The lowest BCUT2D eigenvalue weighted by Crippen LogP contribution is -2.47. The highest BCUT2D eigenvalue weighted by molar-refractivity contribution is 5.95. The Kier molecular flexibility index (Phi) is 7.64. The fourth-order valence-electron chi connectivity index (χ4n) is 3.68. The van der Waals surface area contributed by atoms with E-state index in [0.717, 1.165) is 5.56 Å². The van der Waals surface area contributed by atoms with Gasteiger partial charge in [-0.25, -0.2) is 14.6 Å². The van der Waals surface area contributed by atoms with Crippen molar-refractivity contribution in [1.82, 2.24) is 15.6 Å². The molecule has 0 aliphatic carbocycles. The molecular formula is C26H25N3O7. The van der Waals surface area contributed by atoms with Crippen molar-refractivity contribution in [3.63, 3.8) is 0 Å². The van der Waals surface area contributed by atoms with Crippen LogP contribution in [-0.4, -0.2) is 43.3 Å². The van der Waals surface area contributed by atoms with Crippen molar-refractivity contribution in [2.75, 3.05) is 20.3 Å². The van der Waals surface area contributed by atoms with E-state index in [1.165, 1.54) is 6.26 Å². The predicted octanol–water partition coefficient (Wildman–Crippen LogP) is 3.31. The van der Waals surface area contributed by atoms with E-state index in [9.17, 15) is 14.4 Å². The van der Waals surface area contributed by atoms with Gasteiger partial charge in [-0.2, -0.15) is 0 Å². The molecule has 4 rings (SSSR count). The first-order chi connectivity index (χ1) is 17.5. The molecule has 10 heteroatoms. The minimum atomic E-state index is -0.804. The first-order valence-corrected chi connectivity index (χ1v) is 11.3. The summed E-state index contributed by atoms with van der Waals surface area (Å²) in [5, 5.41) is 5.29. The van der Waals surface area contributed by atoms with Gasteiger partial charge in [0.1, 0.15) is 18.6 Å². The number of benzene rings is 2. The number of oxazole rings is 1. The monoisotopic (exact) mass is 491 g/mol. The second kappa shape index (κ2) is 11.2. The van der Waals surface area contributed by atoms with Crippen LogP contribution >= 0.6 is 0 Å². The van der Waals surface area contributed by atoms with Crippen LogP contribution < -0.4 is 15.4 Å². The molecule has 0 spiro atoms. The molecule has 0 saturated carbocycles. The molecule has 0 bridgehead atoms. The number of hydrogen-bond donors (Lipinski definition) is 2. The fraction of sp³-hybridized carbons (Fsp3) is 0.231. The van der Waals surface area contributed by atoms with Gasteiger partial charge in [0.2, 0.25) is 5.89 Å². The number of ether oxygens (including phenoxy) is 3. The fourth-order valence-corrected chi connectivity index (χ4v) is 3.68. The van der Waals surface area contributed by atoms with Crippen molar-refractivity contribution < 1.29 is 33.0 Å². The van der Waals surface area contributed by atoms with Gasteiger partial charge in [-0.05, 0) is 36.8 Å². The van der Waals surface area contributed by atoms with Crippen molar-refractivity contribution in [1.29, 1.82) is 0 Å². The number of esters is 2. The summed E-state index contributed by atoms with van der Waals surface area (Å²) < 4.78 is 21.2. The standard InChI is InChI=1S/C26H25N3O7/c1-3-34-25(31)22-20(28-26(32)29-23(22)16-9-11-19(33-2)12-10-16)15-35-21(30)13-18-14-36-24(27-18)17-7-5-4-6-8-17/h4-12,14,23H,3,13,15H2,1-2H3,(H2,28,29,32). The second-order valence-electron chi connectivity index (χ2n) is 7.76. The van der Waals surface area contributed by atoms with Crippen molar-refractivity contribution in [3.05, 3.63) is 83.4 Å². The number of urea groups is 1. The Hall–Kier alpha value is -4.60. The van der Waals surface area contributed by atoms with E-state index in [-0.39, 0.29) is 30.9 Å². The molecule has 2 amide bonds. The molecule has 1 aliphatic rings. The number of hydrogen-bond acceptors (Lipinski definition) is 8. The molecule has 186 valence electrons. The molecule has 0 fully saturated rings. The van der Waals surface area contributed by atoms with Crippen LogP contribution in [0.4, 0.5) is 4.79 Å². The number of carbonyl (C=O) groups excluding carboxylic acids is 3. The first-order valence-electron chi connectivity index (χ1n) is 11.3. The third-order valence-corrected chi connectivity index (χ3v) is 5.37. The number of nitrogens with one attached hydrogen (secondary N) is 2. The first kappa shape index (κ1) is 24.5. The zero-order valence-electron chi connectivity index (χ0n) is 19.8. The second-order valence-corrected chi connectivity index (χ2v) is 7.76. The van der Waals surface area contributed by atoms with Gasteiger partial charge in [0.05, 0.1) is 43.1 Å². The largest absolute Gasteiger partial charge is 0.497 e. The van der Waals surface area contributed by atoms with Crippen LogP contribution in [0.3, 0.4) is 0 Å². The van der Waals surface area contributed by atoms with Gasteiger partial charge in [-0.15, -0.1) is 0 Å². The summed E-state index contributed by atoms with van der Waals surface area (Å²) in [5.41, 5.74) is 2.08. The van der Waals surface area contributed by atoms with Crippen molar-refractivity contribution in [2.45, 2.75) is 19.4 Å². The van der Waals surface area contributed by atoms with Crippen LogP contribution in [0.2, 0.25) is 0 Å². The molecule has 2 heterocycles. The Morgan fingerprint density at radius 2 is 1.81 bits per heavy atom. The Labute approximate surface area is 207 Å². The highest BCUT2D eigenvalue weighted by Crippen LogP contribution is 2.29. The van der Waals surface area contributed by atoms with Gasteiger partial charge < -0.3 is 29.3 Å². The summed E-state index contributed by atoms with van der Waals surface area (Å²) in [6.07, 6.45) is 1.24. The van der Waals surface area contributed by atoms with Crippen LogP contribution in [0, 0.1) is 0 Å². The van der Waals surface area contributed by atoms with Crippen molar-refractivity contribution in [2.24, 2.45) is 0 Å². The minimum Gasteiger partial charge on any atom is -0.497 e. The summed E-state index contributed by atoms with van der Waals surface area (Å²) in [7, 11) is 1.54. The van der Waals surface area contributed by atoms with Crippen molar-refractivity contribution in [3.8, 4) is 17.2 Å². The molecule has 1 atom stereocenters. The third kappa shape index (κ3) is 5.72. The van der Waals surface area contributed by atoms with E-state index in [1.807, 2.05) is 30.3 Å². The Balaban J connectivity index is 1.51. The molecule has 0 saturated heterocycles. The zero-order chi connectivity index (χ0) is 25.5. The number of carbonyl (C=O) groups is 3. The summed E-state index contributed by atoms with van der Waals surface area (Å²) in [6, 6.07) is 14.8. The summed E-state index contributed by atoms with van der Waals surface area (Å²) in [4.78, 5) is 42.1. The smallest absolute Gasteiger partial charge is 0.338 e. The molecule has 3 aromatic rings. The average molecular weight is 492 g/mol.